The number of rotatable bonds is 6. The molecule has 3 saturated heterocycles. The van der Waals surface area contributed by atoms with Crippen LogP contribution in [-0.4, -0.2) is 73.0 Å². The number of para-hydroxylation sites is 4. The summed E-state index contributed by atoms with van der Waals surface area (Å²) in [4.78, 5) is 0. The fraction of sp³-hybridized carbons (Fsp3) is 0.257. The summed E-state index contributed by atoms with van der Waals surface area (Å²) in [7, 11) is -1.35. The number of nitrogens with zero attached hydrogens (tertiary/aromatic N) is 4. The van der Waals surface area contributed by atoms with Gasteiger partial charge in [-0.15, -0.1) is 0 Å². The van der Waals surface area contributed by atoms with E-state index in [0.29, 0.717) is 0 Å². The molecule has 15 rings (SSSR count). The van der Waals surface area contributed by atoms with Gasteiger partial charge in [-0.05, 0) is 198 Å². The van der Waals surface area contributed by atoms with Crippen LogP contribution in [0.2, 0.25) is 0 Å². The Morgan fingerprint density at radius 1 is 0.310 bits per heavy atom. The maximum atomic E-state index is 6.40. The third-order valence-corrected chi connectivity index (χ3v) is 19.0. The average molecular weight is 1180 g/mol. The molecule has 0 amide bonds. The van der Waals surface area contributed by atoms with Gasteiger partial charge in [-0.3, -0.25) is 0 Å². The van der Waals surface area contributed by atoms with Gasteiger partial charge in [-0.25, -0.2) is 0 Å². The lowest BCUT2D eigenvalue weighted by Crippen LogP contribution is -2.41. The topological polar surface area (TPSA) is 75.1 Å². The van der Waals surface area contributed by atoms with Crippen molar-refractivity contribution in [2.45, 2.75) is 117 Å². The van der Waals surface area contributed by atoms with E-state index in [4.69, 9.17) is 27.9 Å². The van der Waals surface area contributed by atoms with Crippen molar-refractivity contribution >= 4 is 108 Å². The van der Waals surface area contributed by atoms with Gasteiger partial charge in [0, 0.05) is 71.9 Å². The Morgan fingerprint density at radius 3 is 1.04 bits per heavy atom. The van der Waals surface area contributed by atoms with Gasteiger partial charge in [-0.1, -0.05) is 101 Å². The van der Waals surface area contributed by atoms with Crippen molar-refractivity contribution < 1.29 is 27.9 Å². The third kappa shape index (κ3) is 9.64. The number of hydrogen-bond acceptors (Lipinski definition) is 6. The Labute approximate surface area is 501 Å². The Kier molecular flexibility index (Phi) is 13.7. The second-order valence-corrected chi connectivity index (χ2v) is 26.4. The van der Waals surface area contributed by atoms with Crippen molar-refractivity contribution in [3.63, 3.8) is 0 Å². The molecule has 7 heterocycles. The van der Waals surface area contributed by atoms with Crippen LogP contribution < -0.4 is 5.46 Å². The summed E-state index contributed by atoms with van der Waals surface area (Å²) in [6, 6.07) is 69.0. The van der Waals surface area contributed by atoms with Gasteiger partial charge in [0.05, 0.1) is 66.7 Å². The normalized spacial score (nSPS) is 18.3. The highest BCUT2D eigenvalue weighted by molar-refractivity contribution is 9.10. The molecular weight excluding hydrogens is 1110 g/mol. The van der Waals surface area contributed by atoms with Crippen LogP contribution in [-0.2, 0) is 27.9 Å². The maximum absolute atomic E-state index is 6.40. The molecule has 3 fully saturated rings. The molecule has 0 N–H and O–H groups in total. The highest BCUT2D eigenvalue weighted by Gasteiger charge is 2.64. The highest BCUT2D eigenvalue weighted by Crippen LogP contribution is 2.44. The first kappa shape index (κ1) is 56.0. The Morgan fingerprint density at radius 2 is 0.643 bits per heavy atom. The minimum Gasteiger partial charge on any atom is -0.405 e. The van der Waals surface area contributed by atoms with E-state index in [1.54, 1.807) is 0 Å². The van der Waals surface area contributed by atoms with Crippen LogP contribution in [0.25, 0.3) is 88.2 Å². The molecule has 14 heteroatoms. The highest BCUT2D eigenvalue weighted by atomic mass is 79.9. The van der Waals surface area contributed by atoms with Gasteiger partial charge in [0.15, 0.2) is 0 Å². The van der Waals surface area contributed by atoms with E-state index in [2.05, 4.69) is 268 Å². The standard InChI is InChI=1S/C32H29BN2O2.C26H17BrN2.C12H24B2O4/c1-31(2)32(3,4)37-33(36-31)23-15-16-28-26(20-23)27-21-29-22(17-18-34(29)24-11-7-5-8-12-24)19-30(27)35(28)25-13-9-6-10-14-25;27-19-11-12-24-22(16-19)23-17-25-18(13-14-28(25)20-7-3-1-4-8-20)15-26(23)29(24)21-9-5-2-6-10-21;1-9(2)10(3,4)16-13(15-9)14-17-11(5,6)12(7,8)18-14/h5-21H,1-4H3;1-17H;1-8H3. The number of aromatic nitrogens is 4. The summed E-state index contributed by atoms with van der Waals surface area (Å²) < 4.78 is 47.0. The molecule has 0 radical (unpaired) electrons. The summed E-state index contributed by atoms with van der Waals surface area (Å²) >= 11 is 3.66. The zero-order valence-electron chi connectivity index (χ0n) is 50.0. The molecule has 12 aromatic rings. The van der Waals surface area contributed by atoms with E-state index in [-0.39, 0.29) is 33.6 Å². The summed E-state index contributed by atoms with van der Waals surface area (Å²) in [5.41, 5.74) is 10.7. The number of benzene rings is 8. The van der Waals surface area contributed by atoms with Crippen LogP contribution in [0.3, 0.4) is 0 Å². The molecule has 0 unspecified atom stereocenters. The fourth-order valence-electron chi connectivity index (χ4n) is 11.7. The predicted molar refractivity (Wildman–Crippen MR) is 351 cm³/mol. The van der Waals surface area contributed by atoms with Crippen LogP contribution in [0.1, 0.15) is 83.1 Å². The van der Waals surface area contributed by atoms with Gasteiger partial charge in [-0.2, -0.15) is 0 Å². The SMILES string of the molecule is Brc1ccc2c(c1)c1cc3c(ccn3-c3ccccc3)cc1n2-c1ccccc1.CC1(C)OB(B2OC(C)(C)C(C)(C)O2)OC1(C)C.CC1(C)OB(c2ccc3c(c2)c2cc4c(ccn4-c4ccccc4)cc2n3-c2ccccc2)OC1(C)C. The molecule has 3 aliphatic rings. The number of fused-ring (bicyclic) bond motifs is 8. The van der Waals surface area contributed by atoms with E-state index >= 15 is 0 Å². The van der Waals surface area contributed by atoms with Crippen LogP contribution in [0.4, 0.5) is 0 Å². The minimum atomic E-state index is -0.476. The lowest BCUT2D eigenvalue weighted by Gasteiger charge is -2.32. The van der Waals surface area contributed by atoms with E-state index in [1.165, 1.54) is 76.8 Å². The summed E-state index contributed by atoms with van der Waals surface area (Å²) in [6.07, 6.45) is 4.31. The molecular formula is C70H70B3BrN4O6. The molecule has 0 aliphatic carbocycles. The van der Waals surface area contributed by atoms with E-state index in [9.17, 15) is 0 Å². The fourth-order valence-corrected chi connectivity index (χ4v) is 12.1. The van der Waals surface area contributed by atoms with Crippen molar-refractivity contribution in [3.05, 3.63) is 211 Å². The van der Waals surface area contributed by atoms with Gasteiger partial charge in [0.2, 0.25) is 0 Å². The molecule has 0 saturated carbocycles. The average Bonchev–Trinajstić information content (AvgIpc) is 1.82. The molecule has 0 bridgehead atoms. The molecule has 8 aromatic carbocycles. The second kappa shape index (κ2) is 20.5. The lowest BCUT2D eigenvalue weighted by atomic mass is 9.49. The first-order valence-electron chi connectivity index (χ1n) is 29.1. The smallest absolute Gasteiger partial charge is 0.405 e. The zero-order valence-corrected chi connectivity index (χ0v) is 51.6. The van der Waals surface area contributed by atoms with Crippen LogP contribution in [0.5, 0.6) is 0 Å². The maximum Gasteiger partial charge on any atom is 0.494 e. The van der Waals surface area contributed by atoms with Gasteiger partial charge >= 0.3 is 21.1 Å². The Balaban J connectivity index is 0.000000125. The van der Waals surface area contributed by atoms with E-state index in [1.807, 2.05) is 55.4 Å². The van der Waals surface area contributed by atoms with Gasteiger partial charge in [0.25, 0.3) is 0 Å². The monoisotopic (exact) mass is 1170 g/mol. The largest absolute Gasteiger partial charge is 0.494 e. The van der Waals surface area contributed by atoms with Crippen molar-refractivity contribution in [1.29, 1.82) is 0 Å². The van der Waals surface area contributed by atoms with E-state index in [0.717, 1.165) is 21.3 Å². The van der Waals surface area contributed by atoms with Gasteiger partial charge < -0.3 is 46.2 Å². The molecule has 422 valence electrons. The number of hydrogen-bond donors (Lipinski definition) is 0. The van der Waals surface area contributed by atoms with Crippen molar-refractivity contribution in [2.24, 2.45) is 0 Å². The lowest BCUT2D eigenvalue weighted by molar-refractivity contribution is 0.00578. The van der Waals surface area contributed by atoms with Gasteiger partial charge in [0.1, 0.15) is 0 Å². The molecule has 10 nitrogen and oxygen atoms in total. The molecule has 4 aromatic heterocycles. The van der Waals surface area contributed by atoms with Crippen LogP contribution >= 0.6 is 15.9 Å². The molecule has 84 heavy (non-hydrogen) atoms. The Hall–Kier alpha value is -7.13. The van der Waals surface area contributed by atoms with Crippen molar-refractivity contribution in [3.8, 4) is 22.7 Å². The first-order valence-corrected chi connectivity index (χ1v) is 29.9. The summed E-state index contributed by atoms with van der Waals surface area (Å²) in [5, 5.41) is 7.35. The zero-order chi connectivity index (χ0) is 58.7. The summed E-state index contributed by atoms with van der Waals surface area (Å²) in [5.74, 6) is 0. The van der Waals surface area contributed by atoms with Crippen molar-refractivity contribution in [2.75, 3.05) is 0 Å². The van der Waals surface area contributed by atoms with E-state index < -0.39 is 21.1 Å². The Bertz CT molecular complexity index is 4360. The first-order chi connectivity index (χ1) is 40.0. The predicted octanol–water partition coefficient (Wildman–Crippen LogP) is 16.8. The van der Waals surface area contributed by atoms with Crippen LogP contribution in [0, 0.1) is 0 Å². The van der Waals surface area contributed by atoms with Crippen LogP contribution in [0.15, 0.2) is 211 Å². The summed E-state index contributed by atoms with van der Waals surface area (Å²) in [6.45, 7) is 24.6. The number of halogens is 1. The molecule has 0 spiro atoms. The second-order valence-electron chi connectivity index (χ2n) is 25.5. The van der Waals surface area contributed by atoms with Crippen molar-refractivity contribution in [1.82, 2.24) is 18.3 Å². The quantitative estimate of drug-likeness (QED) is 0.154. The minimum absolute atomic E-state index is 0.360. The molecule has 3 aliphatic heterocycles. The third-order valence-electron chi connectivity index (χ3n) is 18.5. The molecule has 0 atom stereocenters.